The quantitative estimate of drug-likeness (QED) is 0.344. The van der Waals surface area contributed by atoms with Gasteiger partial charge in [0.25, 0.3) is 0 Å². The first-order valence-corrected chi connectivity index (χ1v) is 13.7. The molecule has 4 fully saturated rings. The lowest BCUT2D eigenvalue weighted by atomic mass is 9.42. The van der Waals surface area contributed by atoms with E-state index in [1.807, 2.05) is 6.92 Å². The van der Waals surface area contributed by atoms with E-state index in [0.717, 1.165) is 0 Å². The second-order valence-electron chi connectivity index (χ2n) is 12.4. The van der Waals surface area contributed by atoms with Gasteiger partial charge in [0.1, 0.15) is 17.1 Å². The second kappa shape index (κ2) is 9.38. The molecule has 9 heteroatoms. The molecule has 10 atom stereocenters. The zero-order chi connectivity index (χ0) is 26.7. The summed E-state index contributed by atoms with van der Waals surface area (Å²) in [5.74, 6) is -2.98. The molecule has 0 spiro atoms. The summed E-state index contributed by atoms with van der Waals surface area (Å²) in [6.45, 7) is 6.80. The molecule has 4 aliphatic carbocycles. The number of fused-ring (bicyclic) bond motifs is 5. The molecule has 4 rings (SSSR count). The van der Waals surface area contributed by atoms with E-state index in [0.29, 0.717) is 38.5 Å². The molecule has 4 saturated carbocycles. The number of carbonyl (C=O) groups excluding carboxylic acids is 3. The third kappa shape index (κ3) is 3.70. The molecule has 3 N–H and O–H groups in total. The summed E-state index contributed by atoms with van der Waals surface area (Å²) in [6.07, 6.45) is 1.32. The number of hydrogen-bond donors (Lipinski definition) is 3. The number of aliphatic hydroxyl groups is 2. The number of hydrogen-bond acceptors (Lipinski definition) is 7. The van der Waals surface area contributed by atoms with Gasteiger partial charge in [-0.05, 0) is 55.8 Å². The van der Waals surface area contributed by atoms with E-state index in [2.05, 4.69) is 5.32 Å². The van der Waals surface area contributed by atoms with Crippen LogP contribution in [0.1, 0.15) is 72.6 Å². The molecule has 0 heterocycles. The van der Waals surface area contributed by atoms with Gasteiger partial charge in [-0.15, -0.1) is 0 Å². The lowest BCUT2D eigenvalue weighted by molar-refractivity contribution is -0.255. The van der Waals surface area contributed by atoms with Crippen molar-refractivity contribution in [3.8, 4) is 0 Å². The van der Waals surface area contributed by atoms with Crippen molar-refractivity contribution in [1.82, 2.24) is 5.32 Å². The van der Waals surface area contributed by atoms with E-state index in [4.69, 9.17) is 17.0 Å². The highest BCUT2D eigenvalue weighted by molar-refractivity contribution is 7.78. The molecule has 0 saturated heterocycles. The van der Waals surface area contributed by atoms with Crippen LogP contribution in [0.4, 0.5) is 4.39 Å². The van der Waals surface area contributed by atoms with Crippen molar-refractivity contribution in [2.45, 2.75) is 90.0 Å². The Balaban J connectivity index is 1.59. The molecular weight excluding hydrogens is 485 g/mol. The van der Waals surface area contributed by atoms with Crippen molar-refractivity contribution in [2.24, 2.45) is 40.4 Å². The average Bonchev–Trinajstić information content (AvgIpc) is 3.03. The number of esters is 1. The number of aliphatic hydroxyl groups excluding tert-OH is 1. The first-order valence-electron chi connectivity index (χ1n) is 13.2. The Morgan fingerprint density at radius 1 is 1.28 bits per heavy atom. The van der Waals surface area contributed by atoms with E-state index in [1.165, 1.54) is 5.49 Å². The van der Waals surface area contributed by atoms with Crippen LogP contribution in [0.3, 0.4) is 0 Å². The average molecular weight is 526 g/mol. The predicted molar refractivity (Wildman–Crippen MR) is 135 cm³/mol. The number of ketones is 2. The Morgan fingerprint density at radius 2 is 1.97 bits per heavy atom. The minimum absolute atomic E-state index is 0.0591. The fourth-order valence-electron chi connectivity index (χ4n) is 8.68. The highest BCUT2D eigenvalue weighted by Crippen LogP contribution is 2.71. The van der Waals surface area contributed by atoms with Crippen molar-refractivity contribution < 1.29 is 33.7 Å². The number of Topliss-reactive ketones (excluding diaryl/α,β-unsaturated/α-hetero) is 2. The molecule has 0 aromatic rings. The first-order chi connectivity index (χ1) is 16.8. The van der Waals surface area contributed by atoms with Gasteiger partial charge in [-0.25, -0.2) is 4.39 Å². The maximum atomic E-state index is 17.3. The molecule has 0 aromatic heterocycles. The Hall–Kier alpha value is -1.45. The van der Waals surface area contributed by atoms with E-state index >= 15 is 4.39 Å². The number of rotatable bonds is 7. The molecule has 202 valence electrons. The van der Waals surface area contributed by atoms with Gasteiger partial charge in [0, 0.05) is 30.2 Å². The van der Waals surface area contributed by atoms with Gasteiger partial charge in [0.15, 0.2) is 6.61 Å². The molecule has 4 unspecified atom stereocenters. The molecule has 0 aromatic carbocycles. The zero-order valence-electron chi connectivity index (χ0n) is 21.7. The van der Waals surface area contributed by atoms with Crippen LogP contribution in [0, 0.1) is 40.4 Å². The first kappa shape index (κ1) is 27.6. The smallest absolute Gasteiger partial charge is 0.310 e. The minimum atomic E-state index is -1.88. The highest BCUT2D eigenvalue weighted by atomic mass is 32.1. The number of halogens is 1. The summed E-state index contributed by atoms with van der Waals surface area (Å²) in [5.41, 5.74) is -4.31. The van der Waals surface area contributed by atoms with Crippen LogP contribution in [-0.2, 0) is 19.1 Å². The minimum Gasteiger partial charge on any atom is -0.457 e. The van der Waals surface area contributed by atoms with Crippen LogP contribution in [0.5, 0.6) is 0 Å². The SMILES string of the molecule is CC(CNC=S)C(=O)OCC(=O)[C@@]1(O)[C@@H](C)CC2C3CCC4CC(=O)CC[C@]4(C)[C@@]3(F)[C@@H](O)C[C@@]21C. The highest BCUT2D eigenvalue weighted by Gasteiger charge is 2.76. The summed E-state index contributed by atoms with van der Waals surface area (Å²) >= 11 is 4.69. The van der Waals surface area contributed by atoms with Gasteiger partial charge < -0.3 is 20.3 Å². The van der Waals surface area contributed by atoms with Crippen LogP contribution >= 0.6 is 12.2 Å². The van der Waals surface area contributed by atoms with Crippen LogP contribution < -0.4 is 5.32 Å². The largest absolute Gasteiger partial charge is 0.457 e. The van der Waals surface area contributed by atoms with E-state index < -0.39 is 64.3 Å². The van der Waals surface area contributed by atoms with E-state index in [1.54, 1.807) is 20.8 Å². The van der Waals surface area contributed by atoms with Crippen LogP contribution in [0.25, 0.3) is 0 Å². The Kier molecular flexibility index (Phi) is 7.19. The Labute approximate surface area is 217 Å². The maximum Gasteiger partial charge on any atom is 0.310 e. The molecule has 0 aliphatic heterocycles. The number of carbonyl (C=O) groups is 3. The monoisotopic (exact) mass is 525 g/mol. The topological polar surface area (TPSA) is 113 Å². The van der Waals surface area contributed by atoms with Gasteiger partial charge in [0.05, 0.1) is 17.5 Å². The van der Waals surface area contributed by atoms with Crippen LogP contribution in [-0.4, -0.2) is 63.8 Å². The maximum absolute atomic E-state index is 17.3. The Morgan fingerprint density at radius 3 is 2.64 bits per heavy atom. The molecule has 4 aliphatic rings. The van der Waals surface area contributed by atoms with Gasteiger partial charge in [-0.1, -0.05) is 39.9 Å². The molecule has 7 nitrogen and oxygen atoms in total. The van der Waals surface area contributed by atoms with Gasteiger partial charge in [0.2, 0.25) is 5.78 Å². The summed E-state index contributed by atoms with van der Waals surface area (Å²) in [5, 5.41) is 26.1. The third-order valence-corrected chi connectivity index (χ3v) is 11.0. The lowest BCUT2D eigenvalue weighted by Crippen LogP contribution is -2.71. The normalized spacial score (nSPS) is 46.6. The lowest BCUT2D eigenvalue weighted by Gasteiger charge is -2.65. The fraction of sp³-hybridized carbons (Fsp3) is 0.852. The summed E-state index contributed by atoms with van der Waals surface area (Å²) in [6, 6.07) is 0. The van der Waals surface area contributed by atoms with Crippen molar-refractivity contribution in [3.05, 3.63) is 0 Å². The summed E-state index contributed by atoms with van der Waals surface area (Å²) < 4.78 is 22.5. The Bertz CT molecular complexity index is 947. The van der Waals surface area contributed by atoms with Crippen LogP contribution in [0.15, 0.2) is 0 Å². The zero-order valence-corrected chi connectivity index (χ0v) is 22.5. The molecule has 0 radical (unpaired) electrons. The second-order valence-corrected chi connectivity index (χ2v) is 12.6. The number of nitrogens with one attached hydrogen (secondary N) is 1. The van der Waals surface area contributed by atoms with Gasteiger partial charge in [-0.3, -0.25) is 14.4 Å². The summed E-state index contributed by atoms with van der Waals surface area (Å²) in [7, 11) is 0. The summed E-state index contributed by atoms with van der Waals surface area (Å²) in [4.78, 5) is 38.0. The van der Waals surface area contributed by atoms with Crippen molar-refractivity contribution in [2.75, 3.05) is 13.2 Å². The van der Waals surface area contributed by atoms with Crippen molar-refractivity contribution in [3.63, 3.8) is 0 Å². The molecule has 0 amide bonds. The standard InChI is InChI=1S/C27H40FNO6S/c1-15(12-29-14-36)23(33)35-13-22(32)27(34)16(2)9-20-19-6-5-17-10-18(30)7-8-24(17,3)26(19,28)21(31)11-25(20,27)4/h14-17,19-21,31,34H,5-13H2,1-4H3,(H,29,36)/t15?,16-,17?,19?,20?,21-,24-,25-,26-,27-/m0/s1. The number of thiocarbonyl (C=S) groups is 1. The van der Waals surface area contributed by atoms with Crippen molar-refractivity contribution in [1.29, 1.82) is 0 Å². The number of alkyl halides is 1. The van der Waals surface area contributed by atoms with Gasteiger partial charge in [-0.2, -0.15) is 0 Å². The fourth-order valence-corrected chi connectivity index (χ4v) is 8.78. The van der Waals surface area contributed by atoms with E-state index in [-0.39, 0.29) is 30.6 Å². The third-order valence-electron chi connectivity index (χ3n) is 10.8. The number of ether oxygens (including phenoxy) is 1. The molecule has 0 bridgehead atoms. The van der Waals surface area contributed by atoms with E-state index in [9.17, 15) is 24.6 Å². The van der Waals surface area contributed by atoms with Crippen molar-refractivity contribution >= 4 is 35.2 Å². The predicted octanol–water partition coefficient (Wildman–Crippen LogP) is 2.93. The molecule has 36 heavy (non-hydrogen) atoms. The molecular formula is C27H40FNO6S. The van der Waals surface area contributed by atoms with Gasteiger partial charge >= 0.3 is 5.97 Å². The van der Waals surface area contributed by atoms with Crippen LogP contribution in [0.2, 0.25) is 0 Å².